The third-order valence-electron chi connectivity index (χ3n) is 6.04. The molecule has 1 atom stereocenters. The van der Waals surface area contributed by atoms with Crippen LogP contribution in [0.3, 0.4) is 0 Å². The predicted molar refractivity (Wildman–Crippen MR) is 132 cm³/mol. The Hall–Kier alpha value is -3.72. The Bertz CT molecular complexity index is 1100. The molecule has 0 radical (unpaired) electrons. The highest BCUT2D eigenvalue weighted by Gasteiger charge is 2.20. The molecule has 3 N–H and O–H groups in total. The van der Waals surface area contributed by atoms with E-state index in [0.29, 0.717) is 29.5 Å². The van der Waals surface area contributed by atoms with E-state index in [-0.39, 0.29) is 17.8 Å². The number of rotatable bonds is 9. The van der Waals surface area contributed by atoms with E-state index in [1.807, 2.05) is 12.1 Å². The molecule has 2 heterocycles. The highest BCUT2D eigenvalue weighted by Crippen LogP contribution is 2.21. The quantitative estimate of drug-likeness (QED) is 0.392. The Morgan fingerprint density at radius 1 is 1.11 bits per heavy atom. The first-order valence-corrected chi connectivity index (χ1v) is 11.9. The second-order valence-corrected chi connectivity index (χ2v) is 8.79. The van der Waals surface area contributed by atoms with E-state index in [4.69, 9.17) is 4.52 Å². The summed E-state index contributed by atoms with van der Waals surface area (Å²) < 4.78 is 17.8. The summed E-state index contributed by atoms with van der Waals surface area (Å²) in [6.45, 7) is 3.55. The molecule has 2 aromatic carbocycles. The van der Waals surface area contributed by atoms with Crippen LogP contribution in [0.2, 0.25) is 0 Å². The fourth-order valence-electron chi connectivity index (χ4n) is 4.36. The molecule has 184 valence electrons. The van der Waals surface area contributed by atoms with Gasteiger partial charge in [-0.15, -0.1) is 0 Å². The number of carbonyl (C=O) groups excluding carboxylic acids is 2. The van der Waals surface area contributed by atoms with E-state index in [1.54, 1.807) is 30.3 Å². The smallest absolute Gasteiger partial charge is 0.319 e. The van der Waals surface area contributed by atoms with Crippen molar-refractivity contribution >= 4 is 23.4 Å². The maximum atomic E-state index is 13.1. The summed E-state index contributed by atoms with van der Waals surface area (Å²) in [5.41, 5.74) is 2.09. The molecule has 1 fully saturated rings. The first-order valence-electron chi connectivity index (χ1n) is 11.9. The zero-order valence-corrected chi connectivity index (χ0v) is 19.5. The number of carbonyl (C=O) groups is 2. The molecular formula is C26H30FN5O3. The van der Waals surface area contributed by atoms with E-state index < -0.39 is 0 Å². The van der Waals surface area contributed by atoms with Crippen molar-refractivity contribution in [2.24, 2.45) is 5.92 Å². The number of piperidine rings is 1. The van der Waals surface area contributed by atoms with Gasteiger partial charge in [0.2, 0.25) is 0 Å². The molecule has 1 aliphatic rings. The molecular weight excluding hydrogens is 449 g/mol. The molecule has 1 aliphatic heterocycles. The van der Waals surface area contributed by atoms with Crippen LogP contribution < -0.4 is 16.0 Å². The molecule has 9 heteroatoms. The lowest BCUT2D eigenvalue weighted by molar-refractivity contribution is 0.102. The maximum absolute atomic E-state index is 13.1. The van der Waals surface area contributed by atoms with Gasteiger partial charge in [0.25, 0.3) is 5.91 Å². The minimum absolute atomic E-state index is 0.197. The first kappa shape index (κ1) is 24.4. The third kappa shape index (κ3) is 7.65. The Balaban J connectivity index is 1.16. The summed E-state index contributed by atoms with van der Waals surface area (Å²) in [6, 6.07) is 14.7. The number of nitrogens with one attached hydrogen (secondary N) is 3. The first-order chi connectivity index (χ1) is 17.0. The van der Waals surface area contributed by atoms with Crippen LogP contribution in [0.15, 0.2) is 65.4 Å². The van der Waals surface area contributed by atoms with Gasteiger partial charge in [-0.3, -0.25) is 4.79 Å². The molecule has 35 heavy (non-hydrogen) atoms. The molecule has 3 amide bonds. The van der Waals surface area contributed by atoms with Crippen molar-refractivity contribution in [1.82, 2.24) is 15.4 Å². The topological polar surface area (TPSA) is 99.5 Å². The lowest BCUT2D eigenvalue weighted by atomic mass is 9.91. The third-order valence-corrected chi connectivity index (χ3v) is 6.04. The summed E-state index contributed by atoms with van der Waals surface area (Å²) in [6.07, 6.45) is 5.52. The minimum atomic E-state index is -0.345. The van der Waals surface area contributed by atoms with Crippen molar-refractivity contribution in [3.63, 3.8) is 0 Å². The van der Waals surface area contributed by atoms with Crippen molar-refractivity contribution < 1.29 is 18.5 Å². The molecule has 0 bridgehead atoms. The van der Waals surface area contributed by atoms with Gasteiger partial charge in [0.05, 0.1) is 0 Å². The van der Waals surface area contributed by atoms with Crippen molar-refractivity contribution in [3.05, 3.63) is 77.8 Å². The molecule has 3 aromatic rings. The van der Waals surface area contributed by atoms with Gasteiger partial charge in [0, 0.05) is 30.4 Å². The molecule has 1 saturated heterocycles. The van der Waals surface area contributed by atoms with Crippen molar-refractivity contribution in [2.45, 2.75) is 25.7 Å². The number of likely N-dealkylation sites (tertiary alicyclic amines) is 1. The number of hydrogen-bond acceptors (Lipinski definition) is 5. The normalized spacial score (nSPS) is 16.0. The number of amides is 3. The van der Waals surface area contributed by atoms with Crippen LogP contribution in [0.4, 0.5) is 20.7 Å². The summed E-state index contributed by atoms with van der Waals surface area (Å²) in [4.78, 5) is 27.0. The zero-order chi connectivity index (χ0) is 24.5. The predicted octanol–water partition coefficient (Wildman–Crippen LogP) is 4.53. The Morgan fingerprint density at radius 2 is 1.97 bits per heavy atom. The molecule has 8 nitrogen and oxygen atoms in total. The van der Waals surface area contributed by atoms with E-state index in [1.165, 1.54) is 30.4 Å². The number of halogens is 1. The van der Waals surface area contributed by atoms with Crippen LogP contribution in [0.1, 0.15) is 35.2 Å². The Kier molecular flexibility index (Phi) is 8.45. The van der Waals surface area contributed by atoms with Crippen LogP contribution in [0.5, 0.6) is 0 Å². The maximum Gasteiger partial charge on any atom is 0.319 e. The Labute approximate surface area is 203 Å². The van der Waals surface area contributed by atoms with Crippen LogP contribution in [0.25, 0.3) is 0 Å². The fraction of sp³-hybridized carbons (Fsp3) is 0.346. The molecule has 0 aliphatic carbocycles. The minimum Gasteiger partial charge on any atom is -0.363 e. The summed E-state index contributed by atoms with van der Waals surface area (Å²) in [5.74, 6) is 0.347. The van der Waals surface area contributed by atoms with E-state index in [9.17, 15) is 14.0 Å². The van der Waals surface area contributed by atoms with Gasteiger partial charge in [-0.25, -0.2) is 9.18 Å². The van der Waals surface area contributed by atoms with Crippen LogP contribution in [0, 0.1) is 11.7 Å². The highest BCUT2D eigenvalue weighted by molar-refractivity contribution is 6.04. The monoisotopic (exact) mass is 479 g/mol. The van der Waals surface area contributed by atoms with Gasteiger partial charge in [0.15, 0.2) is 5.82 Å². The summed E-state index contributed by atoms with van der Waals surface area (Å²) >= 11 is 0. The van der Waals surface area contributed by atoms with Crippen LogP contribution in [-0.4, -0.2) is 48.2 Å². The molecule has 0 spiro atoms. The van der Waals surface area contributed by atoms with E-state index in [0.717, 1.165) is 38.9 Å². The molecule has 0 saturated carbocycles. The van der Waals surface area contributed by atoms with Crippen molar-refractivity contribution in [2.75, 3.05) is 36.8 Å². The second kappa shape index (κ2) is 12.1. The van der Waals surface area contributed by atoms with Gasteiger partial charge in [-0.2, -0.15) is 0 Å². The number of nitrogens with zero attached hydrogens (tertiary/aromatic N) is 2. The lowest BCUT2D eigenvalue weighted by Gasteiger charge is -2.32. The largest absolute Gasteiger partial charge is 0.363 e. The van der Waals surface area contributed by atoms with Gasteiger partial charge in [-0.05, 0) is 80.6 Å². The van der Waals surface area contributed by atoms with Crippen LogP contribution >= 0.6 is 0 Å². The number of anilines is 2. The number of aromatic nitrogens is 1. The summed E-state index contributed by atoms with van der Waals surface area (Å²) in [7, 11) is 0. The summed E-state index contributed by atoms with van der Waals surface area (Å²) in [5, 5.41) is 11.9. The number of urea groups is 1. The lowest BCUT2D eigenvalue weighted by Crippen LogP contribution is -2.38. The SMILES string of the molecule is O=C(NCCCN1CCCC(Cc2ccc(F)cc2)C1)Nc1cccc(C(=O)Nc2ccon2)c1. The molecule has 4 rings (SSSR count). The zero-order valence-electron chi connectivity index (χ0n) is 19.5. The van der Waals surface area contributed by atoms with Gasteiger partial charge < -0.3 is 25.4 Å². The van der Waals surface area contributed by atoms with E-state index >= 15 is 0 Å². The fourth-order valence-corrected chi connectivity index (χ4v) is 4.36. The Morgan fingerprint density at radius 3 is 2.77 bits per heavy atom. The average molecular weight is 480 g/mol. The molecule has 1 unspecified atom stereocenters. The van der Waals surface area contributed by atoms with Gasteiger partial charge >= 0.3 is 6.03 Å². The van der Waals surface area contributed by atoms with Crippen molar-refractivity contribution in [1.29, 1.82) is 0 Å². The second-order valence-electron chi connectivity index (χ2n) is 8.79. The van der Waals surface area contributed by atoms with Crippen LogP contribution in [-0.2, 0) is 6.42 Å². The number of benzene rings is 2. The van der Waals surface area contributed by atoms with Gasteiger partial charge in [-0.1, -0.05) is 23.4 Å². The average Bonchev–Trinajstić information content (AvgIpc) is 3.37. The standard InChI is InChI=1S/C26H30FN5O3/c27-22-9-7-19(8-10-22)16-20-4-2-13-32(18-20)14-3-12-28-26(34)29-23-6-1-5-21(17-23)25(33)30-24-11-15-35-31-24/h1,5-11,15,17,20H,2-4,12-14,16,18H2,(H2,28,29,34)(H,30,31,33). The van der Waals surface area contributed by atoms with Crippen molar-refractivity contribution in [3.8, 4) is 0 Å². The molecule has 1 aromatic heterocycles. The highest BCUT2D eigenvalue weighted by atomic mass is 19.1. The number of hydrogen-bond donors (Lipinski definition) is 3. The van der Waals surface area contributed by atoms with Gasteiger partial charge in [0.1, 0.15) is 12.1 Å². The van der Waals surface area contributed by atoms with E-state index in [2.05, 4.69) is 26.0 Å².